The van der Waals surface area contributed by atoms with Crippen molar-refractivity contribution in [3.63, 3.8) is 0 Å². The molecule has 1 rings (SSSR count). The molecule has 0 aliphatic heterocycles. The van der Waals surface area contributed by atoms with Crippen LogP contribution in [0.4, 0.5) is 0 Å². The van der Waals surface area contributed by atoms with Gasteiger partial charge in [-0.2, -0.15) is 0 Å². The molecule has 0 heterocycles. The molecule has 2 heteroatoms. The third-order valence-electron chi connectivity index (χ3n) is 1.45. The third-order valence-corrected chi connectivity index (χ3v) is 1.78. The number of aliphatic hydroxyl groups is 1. The lowest BCUT2D eigenvalue weighted by molar-refractivity contribution is 0.350. The number of aliphatic hydroxyl groups excluding tert-OH is 1. The first-order valence-electron chi connectivity index (χ1n) is 3.29. The highest BCUT2D eigenvalue weighted by atomic mass is 35.5. The maximum Gasteiger partial charge on any atom is 0.0682 e. The van der Waals surface area contributed by atoms with Crippen LogP contribution in [0.3, 0.4) is 0 Å². The lowest BCUT2D eigenvalue weighted by Crippen LogP contribution is -1.88. The average molecular weight is 169 g/mol. The minimum atomic E-state index is -0.0519. The molecule has 0 amide bonds. The van der Waals surface area contributed by atoms with Crippen LogP contribution in [0.1, 0.15) is 5.56 Å². The van der Waals surface area contributed by atoms with Gasteiger partial charge >= 0.3 is 0 Å². The molecule has 0 atom stereocenters. The van der Waals surface area contributed by atoms with E-state index in [9.17, 15) is 0 Å². The predicted octanol–water partition coefficient (Wildman–Crippen LogP) is 2.35. The van der Waals surface area contributed by atoms with E-state index >= 15 is 0 Å². The summed E-state index contributed by atoms with van der Waals surface area (Å²) in [7, 11) is 0. The number of hydrogen-bond donors (Lipinski definition) is 1. The van der Waals surface area contributed by atoms with E-state index in [0.717, 1.165) is 5.56 Å². The van der Waals surface area contributed by atoms with Crippen molar-refractivity contribution in [2.75, 3.05) is 6.61 Å². The molecule has 1 aromatic carbocycles. The molecule has 0 spiro atoms. The molecule has 0 radical (unpaired) electrons. The lowest BCUT2D eigenvalue weighted by Gasteiger charge is -2.02. The third kappa shape index (κ3) is 1.82. The van der Waals surface area contributed by atoms with E-state index in [0.29, 0.717) is 10.6 Å². The Labute approximate surface area is 70.9 Å². The van der Waals surface area contributed by atoms with Crippen LogP contribution >= 0.6 is 11.6 Å². The van der Waals surface area contributed by atoms with Gasteiger partial charge < -0.3 is 5.11 Å². The van der Waals surface area contributed by atoms with Gasteiger partial charge in [0.2, 0.25) is 0 Å². The molecule has 0 aliphatic rings. The molecular formula is C9H9ClO. The zero-order chi connectivity index (χ0) is 8.27. The van der Waals surface area contributed by atoms with Crippen molar-refractivity contribution in [1.29, 1.82) is 0 Å². The Bertz CT molecular complexity index is 268. The Morgan fingerprint density at radius 2 is 2.09 bits per heavy atom. The van der Waals surface area contributed by atoms with Crippen LogP contribution in [0.15, 0.2) is 30.8 Å². The molecule has 0 aliphatic carbocycles. The van der Waals surface area contributed by atoms with Crippen molar-refractivity contribution < 1.29 is 5.11 Å². The van der Waals surface area contributed by atoms with Gasteiger partial charge in [-0.1, -0.05) is 36.4 Å². The quantitative estimate of drug-likeness (QED) is 0.719. The second-order valence-electron chi connectivity index (χ2n) is 2.24. The summed E-state index contributed by atoms with van der Waals surface area (Å²) in [5.74, 6) is 0. The fraction of sp³-hybridized carbons (Fsp3) is 0.111. The smallest absolute Gasteiger partial charge is 0.0682 e. The predicted molar refractivity (Wildman–Crippen MR) is 47.6 cm³/mol. The van der Waals surface area contributed by atoms with Crippen LogP contribution in [0.2, 0.25) is 5.02 Å². The summed E-state index contributed by atoms with van der Waals surface area (Å²) < 4.78 is 0. The first kappa shape index (κ1) is 8.31. The Kier molecular flexibility index (Phi) is 2.69. The fourth-order valence-corrected chi connectivity index (χ4v) is 1.10. The van der Waals surface area contributed by atoms with E-state index in [2.05, 4.69) is 6.58 Å². The van der Waals surface area contributed by atoms with Gasteiger partial charge in [-0.25, -0.2) is 0 Å². The van der Waals surface area contributed by atoms with Crippen molar-refractivity contribution >= 4 is 17.2 Å². The molecule has 1 aromatic rings. The van der Waals surface area contributed by atoms with Gasteiger partial charge in [0.25, 0.3) is 0 Å². The van der Waals surface area contributed by atoms with E-state index in [1.165, 1.54) is 0 Å². The number of benzene rings is 1. The first-order valence-corrected chi connectivity index (χ1v) is 3.67. The topological polar surface area (TPSA) is 20.2 Å². The summed E-state index contributed by atoms with van der Waals surface area (Å²) in [5.41, 5.74) is 1.47. The standard InChI is InChI=1S/C9H9ClO/c1-7(6-11)8-4-2-3-5-9(8)10/h2-5,11H,1,6H2. The first-order chi connectivity index (χ1) is 5.25. The van der Waals surface area contributed by atoms with Gasteiger partial charge in [0.15, 0.2) is 0 Å². The van der Waals surface area contributed by atoms with E-state index in [4.69, 9.17) is 16.7 Å². The highest BCUT2D eigenvalue weighted by Gasteiger charge is 2.00. The van der Waals surface area contributed by atoms with Crippen LogP contribution in [0.25, 0.3) is 5.57 Å². The van der Waals surface area contributed by atoms with E-state index in [-0.39, 0.29) is 6.61 Å². The second kappa shape index (κ2) is 3.56. The number of hydrogen-bond acceptors (Lipinski definition) is 1. The summed E-state index contributed by atoms with van der Waals surface area (Å²) >= 11 is 5.83. The Morgan fingerprint density at radius 1 is 1.45 bits per heavy atom. The molecule has 58 valence electrons. The molecule has 0 unspecified atom stereocenters. The Balaban J connectivity index is 3.03. The molecule has 1 N–H and O–H groups in total. The maximum absolute atomic E-state index is 8.75. The lowest BCUT2D eigenvalue weighted by atomic mass is 10.1. The zero-order valence-electron chi connectivity index (χ0n) is 6.05. The summed E-state index contributed by atoms with van der Waals surface area (Å²) in [5, 5.41) is 9.39. The Morgan fingerprint density at radius 3 is 2.64 bits per heavy atom. The average Bonchev–Trinajstić information content (AvgIpc) is 2.04. The minimum Gasteiger partial charge on any atom is -0.392 e. The van der Waals surface area contributed by atoms with Gasteiger partial charge in [0.05, 0.1) is 6.61 Å². The van der Waals surface area contributed by atoms with Crippen molar-refractivity contribution in [3.8, 4) is 0 Å². The molecule has 0 bridgehead atoms. The SMILES string of the molecule is C=C(CO)c1ccccc1Cl. The Hall–Kier alpha value is -0.790. The summed E-state index contributed by atoms with van der Waals surface area (Å²) in [6.45, 7) is 3.62. The van der Waals surface area contributed by atoms with E-state index < -0.39 is 0 Å². The van der Waals surface area contributed by atoms with Gasteiger partial charge in [-0.15, -0.1) is 0 Å². The maximum atomic E-state index is 8.75. The fourth-order valence-electron chi connectivity index (χ4n) is 0.833. The molecule has 11 heavy (non-hydrogen) atoms. The van der Waals surface area contributed by atoms with Crippen molar-refractivity contribution in [2.24, 2.45) is 0 Å². The van der Waals surface area contributed by atoms with Crippen LogP contribution in [0, 0.1) is 0 Å². The second-order valence-corrected chi connectivity index (χ2v) is 2.65. The monoisotopic (exact) mass is 168 g/mol. The minimum absolute atomic E-state index is 0.0519. The van der Waals surface area contributed by atoms with Gasteiger partial charge in [-0.05, 0) is 17.2 Å². The highest BCUT2D eigenvalue weighted by Crippen LogP contribution is 2.21. The largest absolute Gasteiger partial charge is 0.392 e. The van der Waals surface area contributed by atoms with Crippen molar-refractivity contribution in [1.82, 2.24) is 0 Å². The zero-order valence-corrected chi connectivity index (χ0v) is 6.80. The number of halogens is 1. The van der Waals surface area contributed by atoms with Crippen LogP contribution in [-0.4, -0.2) is 11.7 Å². The van der Waals surface area contributed by atoms with Crippen molar-refractivity contribution in [2.45, 2.75) is 0 Å². The summed E-state index contributed by atoms with van der Waals surface area (Å²) in [6, 6.07) is 7.32. The van der Waals surface area contributed by atoms with Gasteiger partial charge in [0.1, 0.15) is 0 Å². The summed E-state index contributed by atoms with van der Waals surface area (Å²) in [6.07, 6.45) is 0. The normalized spacial score (nSPS) is 9.64. The highest BCUT2D eigenvalue weighted by molar-refractivity contribution is 6.32. The van der Waals surface area contributed by atoms with Gasteiger partial charge in [-0.3, -0.25) is 0 Å². The van der Waals surface area contributed by atoms with Crippen LogP contribution in [-0.2, 0) is 0 Å². The molecule has 0 saturated heterocycles. The number of rotatable bonds is 2. The molecule has 0 fully saturated rings. The molecule has 0 aromatic heterocycles. The van der Waals surface area contributed by atoms with Crippen molar-refractivity contribution in [3.05, 3.63) is 41.4 Å². The molecular weight excluding hydrogens is 160 g/mol. The molecule has 0 saturated carbocycles. The van der Waals surface area contributed by atoms with Gasteiger partial charge in [0, 0.05) is 5.02 Å². The van der Waals surface area contributed by atoms with Crippen LogP contribution < -0.4 is 0 Å². The molecule has 1 nitrogen and oxygen atoms in total. The summed E-state index contributed by atoms with van der Waals surface area (Å²) in [4.78, 5) is 0. The van der Waals surface area contributed by atoms with Crippen LogP contribution in [0.5, 0.6) is 0 Å². The van der Waals surface area contributed by atoms with E-state index in [1.54, 1.807) is 6.07 Å². The van der Waals surface area contributed by atoms with E-state index in [1.807, 2.05) is 18.2 Å².